The van der Waals surface area contributed by atoms with Crippen molar-refractivity contribution in [3.63, 3.8) is 0 Å². The lowest BCUT2D eigenvalue weighted by Crippen LogP contribution is -2.54. The average Bonchev–Trinajstić information content (AvgIpc) is 3.60. The number of amides is 3. The molecule has 2 heterocycles. The Labute approximate surface area is 245 Å². The predicted molar refractivity (Wildman–Crippen MR) is 155 cm³/mol. The molecule has 5 aliphatic rings. The summed E-state index contributed by atoms with van der Waals surface area (Å²) in [6, 6.07) is 27.5. The molecule has 0 radical (unpaired) electrons. The number of ether oxygens (including phenoxy) is 2. The Kier molecular flexibility index (Phi) is 5.33. The van der Waals surface area contributed by atoms with Gasteiger partial charge in [0.05, 0.1) is 28.0 Å². The Balaban J connectivity index is 1.27. The van der Waals surface area contributed by atoms with E-state index in [1.54, 1.807) is 48.7 Å². The molecule has 9 rings (SSSR count). The van der Waals surface area contributed by atoms with Crippen molar-refractivity contribution in [2.75, 3.05) is 11.7 Å². The smallest absolute Gasteiger partial charge is 0.271 e. The number of para-hydroxylation sites is 1. The number of imide groups is 1. The van der Waals surface area contributed by atoms with Crippen molar-refractivity contribution < 1.29 is 23.9 Å². The molecule has 3 amide bonds. The van der Waals surface area contributed by atoms with Gasteiger partial charge in [-0.1, -0.05) is 72.3 Å². The summed E-state index contributed by atoms with van der Waals surface area (Å²) in [7, 11) is 0. The maximum absolute atomic E-state index is 14.4. The van der Waals surface area contributed by atoms with E-state index in [2.05, 4.69) is 10.5 Å². The van der Waals surface area contributed by atoms with Crippen molar-refractivity contribution in [1.29, 1.82) is 0 Å². The van der Waals surface area contributed by atoms with Crippen LogP contribution in [0, 0.1) is 11.8 Å². The van der Waals surface area contributed by atoms with Crippen molar-refractivity contribution in [3.05, 3.63) is 124 Å². The molecule has 2 bridgehead atoms. The number of fused-ring (bicyclic) bond motifs is 1. The number of nitrogens with one attached hydrogen (secondary N) is 1. The fourth-order valence-corrected chi connectivity index (χ4v) is 7.44. The Hall–Kier alpha value is -4.95. The third-order valence-electron chi connectivity index (χ3n) is 8.85. The van der Waals surface area contributed by atoms with Gasteiger partial charge in [-0.2, -0.15) is 5.10 Å². The van der Waals surface area contributed by atoms with E-state index in [1.165, 1.54) is 4.90 Å². The number of carbonyl (C=O) groups is 3. The van der Waals surface area contributed by atoms with Crippen molar-refractivity contribution in [1.82, 2.24) is 5.43 Å². The molecule has 42 heavy (non-hydrogen) atoms. The first-order chi connectivity index (χ1) is 20.5. The van der Waals surface area contributed by atoms with Crippen LogP contribution in [0.4, 0.5) is 5.69 Å². The lowest BCUT2D eigenvalue weighted by molar-refractivity contribution is -0.122. The number of nitrogens with zero attached hydrogens (tertiary/aromatic N) is 2. The number of rotatable bonds is 4. The summed E-state index contributed by atoms with van der Waals surface area (Å²) >= 11 is 6.51. The van der Waals surface area contributed by atoms with Crippen LogP contribution in [-0.2, 0) is 15.0 Å². The molecule has 9 heteroatoms. The lowest BCUT2D eigenvalue weighted by Gasteiger charge is -2.52. The van der Waals surface area contributed by atoms with E-state index in [0.717, 1.165) is 22.3 Å². The number of carbonyl (C=O) groups excluding carboxylic acids is 3. The van der Waals surface area contributed by atoms with Crippen LogP contribution in [0.2, 0.25) is 5.02 Å². The van der Waals surface area contributed by atoms with E-state index in [4.69, 9.17) is 21.1 Å². The van der Waals surface area contributed by atoms with Crippen LogP contribution >= 0.6 is 11.6 Å². The minimum Gasteiger partial charge on any atom is -0.454 e. The first-order valence-electron chi connectivity index (χ1n) is 13.6. The molecule has 2 atom stereocenters. The van der Waals surface area contributed by atoms with Crippen molar-refractivity contribution in [2.24, 2.45) is 16.9 Å². The quantitative estimate of drug-likeness (QED) is 0.209. The van der Waals surface area contributed by atoms with Crippen molar-refractivity contribution in [2.45, 2.75) is 11.3 Å². The lowest BCUT2D eigenvalue weighted by atomic mass is 9.47. The van der Waals surface area contributed by atoms with Crippen LogP contribution in [-0.4, -0.2) is 30.7 Å². The van der Waals surface area contributed by atoms with Crippen LogP contribution in [0.25, 0.3) is 0 Å². The summed E-state index contributed by atoms with van der Waals surface area (Å²) in [5, 5.41) is 4.78. The topological polar surface area (TPSA) is 97.3 Å². The zero-order chi connectivity index (χ0) is 28.6. The number of benzene rings is 4. The second-order valence-corrected chi connectivity index (χ2v) is 11.2. The van der Waals surface area contributed by atoms with E-state index in [-0.39, 0.29) is 24.5 Å². The molecule has 4 aromatic carbocycles. The van der Waals surface area contributed by atoms with Gasteiger partial charge in [0.15, 0.2) is 11.5 Å². The highest BCUT2D eigenvalue weighted by Crippen LogP contribution is 2.63. The maximum Gasteiger partial charge on any atom is 0.271 e. The van der Waals surface area contributed by atoms with E-state index in [1.807, 2.05) is 48.5 Å². The van der Waals surface area contributed by atoms with E-state index in [0.29, 0.717) is 27.8 Å². The van der Waals surface area contributed by atoms with E-state index in [9.17, 15) is 14.4 Å². The highest BCUT2D eigenvalue weighted by Gasteiger charge is 2.68. The van der Waals surface area contributed by atoms with Gasteiger partial charge in [0, 0.05) is 17.7 Å². The van der Waals surface area contributed by atoms with Gasteiger partial charge in [-0.3, -0.25) is 14.4 Å². The van der Waals surface area contributed by atoms with Gasteiger partial charge < -0.3 is 9.47 Å². The van der Waals surface area contributed by atoms with Gasteiger partial charge >= 0.3 is 0 Å². The number of anilines is 1. The minimum atomic E-state index is -1.11. The zero-order valence-electron chi connectivity index (χ0n) is 22.0. The Morgan fingerprint density at radius 1 is 0.881 bits per heavy atom. The number of halogens is 1. The van der Waals surface area contributed by atoms with Gasteiger partial charge in [0.1, 0.15) is 0 Å². The number of hydrogen-bond donors (Lipinski definition) is 1. The van der Waals surface area contributed by atoms with Crippen molar-refractivity contribution in [3.8, 4) is 11.5 Å². The van der Waals surface area contributed by atoms with E-state index >= 15 is 0 Å². The Bertz CT molecular complexity index is 1820. The normalized spacial score (nSPS) is 24.5. The van der Waals surface area contributed by atoms with Crippen LogP contribution in [0.3, 0.4) is 0 Å². The molecule has 0 spiro atoms. The number of hydrazone groups is 1. The van der Waals surface area contributed by atoms with Gasteiger partial charge in [-0.15, -0.1) is 0 Å². The van der Waals surface area contributed by atoms with Gasteiger partial charge in [0.25, 0.3) is 5.91 Å². The van der Waals surface area contributed by atoms with Crippen LogP contribution in [0.5, 0.6) is 11.5 Å². The second-order valence-electron chi connectivity index (χ2n) is 10.8. The molecule has 206 valence electrons. The molecule has 1 saturated heterocycles. The fourth-order valence-electron chi connectivity index (χ4n) is 7.22. The standard InChI is InChI=1S/C33H22ClN3O5/c34-23-11-5-6-12-24(23)37-31(39)28-27-19-7-1-3-9-21(19)33(29(28)32(37)40,22-10-4-2-8-20(22)27)16-35-36-30(38)18-13-14-25-26(15-18)42-17-41-25/h1-16,27-29H,17H2,(H,36,38)/b35-16+/t27?,28-,29-,33?/m1/s1. The zero-order valence-corrected chi connectivity index (χ0v) is 22.7. The highest BCUT2D eigenvalue weighted by molar-refractivity contribution is 6.36. The maximum atomic E-state index is 14.4. The largest absolute Gasteiger partial charge is 0.454 e. The first-order valence-corrected chi connectivity index (χ1v) is 13.9. The Morgan fingerprint density at radius 3 is 2.29 bits per heavy atom. The average molecular weight is 576 g/mol. The molecule has 4 aromatic rings. The Morgan fingerprint density at radius 2 is 1.55 bits per heavy atom. The molecule has 1 N–H and O–H groups in total. The summed E-state index contributed by atoms with van der Waals surface area (Å²) in [4.78, 5) is 43.0. The van der Waals surface area contributed by atoms with E-state index < -0.39 is 23.2 Å². The van der Waals surface area contributed by atoms with Crippen LogP contribution < -0.4 is 19.8 Å². The second kappa shape index (κ2) is 9.03. The minimum absolute atomic E-state index is 0.0986. The molecule has 3 aliphatic carbocycles. The molecule has 1 fully saturated rings. The summed E-state index contributed by atoms with van der Waals surface area (Å²) in [5.41, 5.74) is 5.93. The number of hydrogen-bond acceptors (Lipinski definition) is 6. The molecular weight excluding hydrogens is 554 g/mol. The molecule has 8 nitrogen and oxygen atoms in total. The molecule has 0 saturated carbocycles. The van der Waals surface area contributed by atoms with Gasteiger partial charge in [0.2, 0.25) is 18.6 Å². The summed E-state index contributed by atoms with van der Waals surface area (Å²) < 4.78 is 10.7. The molecule has 0 aromatic heterocycles. The first kappa shape index (κ1) is 24.8. The fraction of sp³-hybridized carbons (Fsp3) is 0.152. The molecule has 2 aliphatic heterocycles. The predicted octanol–water partition coefficient (Wildman–Crippen LogP) is 5.04. The summed E-state index contributed by atoms with van der Waals surface area (Å²) in [5.74, 6) is -1.82. The molecule has 0 unspecified atom stereocenters. The third kappa shape index (κ3) is 3.24. The third-order valence-corrected chi connectivity index (χ3v) is 9.17. The highest BCUT2D eigenvalue weighted by atomic mass is 35.5. The summed E-state index contributed by atoms with van der Waals surface area (Å²) in [6.45, 7) is 0.0986. The van der Waals surface area contributed by atoms with Crippen molar-refractivity contribution >= 4 is 41.2 Å². The van der Waals surface area contributed by atoms with Gasteiger partial charge in [-0.05, 0) is 52.6 Å². The summed E-state index contributed by atoms with van der Waals surface area (Å²) in [6.07, 6.45) is 1.63. The monoisotopic (exact) mass is 575 g/mol. The SMILES string of the molecule is O=C(N/N=C/C12c3ccccc3C(c3ccccc31)[C@H]1C(=O)N(c3ccccc3Cl)C(=O)[C@@H]12)c1ccc2c(c1)OCO2. The van der Waals surface area contributed by atoms with Crippen LogP contribution in [0.15, 0.2) is 96.1 Å². The van der Waals surface area contributed by atoms with Crippen LogP contribution in [0.1, 0.15) is 38.5 Å². The molecular formula is C33H22ClN3O5. The van der Waals surface area contributed by atoms with Gasteiger partial charge in [-0.25, -0.2) is 10.3 Å².